The van der Waals surface area contributed by atoms with Crippen LogP contribution in [0.1, 0.15) is 63.9 Å². The molecule has 0 spiro atoms. The topological polar surface area (TPSA) is 12.4 Å². The van der Waals surface area contributed by atoms with Crippen molar-refractivity contribution in [2.75, 3.05) is 0 Å². The van der Waals surface area contributed by atoms with Crippen LogP contribution in [0.5, 0.6) is 0 Å². The fourth-order valence-corrected chi connectivity index (χ4v) is 3.72. The summed E-state index contributed by atoms with van der Waals surface area (Å²) in [6.45, 7) is 3.05. The van der Waals surface area contributed by atoms with Crippen LogP contribution in [-0.2, 0) is 6.54 Å². The van der Waals surface area contributed by atoms with E-state index in [0.717, 1.165) is 13.0 Å². The van der Waals surface area contributed by atoms with Crippen molar-refractivity contribution in [2.24, 2.45) is 4.99 Å². The summed E-state index contributed by atoms with van der Waals surface area (Å²) in [5, 5.41) is 5.28. The number of benzene rings is 3. The normalized spacial score (nSPS) is 11.7. The maximum atomic E-state index is 4.76. The van der Waals surface area contributed by atoms with Gasteiger partial charge in [-0.05, 0) is 52.2 Å². The highest BCUT2D eigenvalue weighted by Crippen LogP contribution is 2.28. The average molecular weight is 346 g/mol. The molecule has 0 N–H and O–H groups in total. The highest BCUT2D eigenvalue weighted by Gasteiger charge is 2.06. The van der Waals surface area contributed by atoms with Gasteiger partial charge in [-0.25, -0.2) is 0 Å². The molecule has 0 amide bonds. The van der Waals surface area contributed by atoms with E-state index in [0.29, 0.717) is 0 Å². The van der Waals surface area contributed by atoms with Gasteiger partial charge in [0.25, 0.3) is 0 Å². The van der Waals surface area contributed by atoms with E-state index in [2.05, 4.69) is 67.7 Å². The lowest BCUT2D eigenvalue weighted by molar-refractivity contribution is 0.596. The standard InChI is InChI=1S/C25H31N/c1-2-3-4-5-6-7-8-13-18-26-20-25-23-16-11-9-14-21(23)19-22-15-10-12-17-24(22)25/h9-12,14-19H,2-8,13,20H2,1H3. The van der Waals surface area contributed by atoms with E-state index in [9.17, 15) is 0 Å². The summed E-state index contributed by atoms with van der Waals surface area (Å²) >= 11 is 0. The summed E-state index contributed by atoms with van der Waals surface area (Å²) < 4.78 is 0. The van der Waals surface area contributed by atoms with Crippen LogP contribution in [0.15, 0.2) is 59.6 Å². The van der Waals surface area contributed by atoms with E-state index in [1.807, 2.05) is 0 Å². The lowest BCUT2D eigenvalue weighted by atomic mass is 9.97. The fourth-order valence-electron chi connectivity index (χ4n) is 3.72. The number of hydrogen-bond acceptors (Lipinski definition) is 1. The van der Waals surface area contributed by atoms with Gasteiger partial charge in [0, 0.05) is 0 Å². The number of rotatable bonds is 10. The molecule has 0 aliphatic rings. The van der Waals surface area contributed by atoms with E-state index >= 15 is 0 Å². The minimum absolute atomic E-state index is 0.776. The second kappa shape index (κ2) is 10.1. The highest BCUT2D eigenvalue weighted by molar-refractivity contribution is 6.02. The van der Waals surface area contributed by atoms with Gasteiger partial charge in [-0.3, -0.25) is 4.99 Å². The molecule has 0 aliphatic carbocycles. The van der Waals surface area contributed by atoms with Gasteiger partial charge in [-0.15, -0.1) is 0 Å². The summed E-state index contributed by atoms with van der Waals surface area (Å²) in [6.07, 6.45) is 12.8. The molecule has 3 aromatic rings. The van der Waals surface area contributed by atoms with E-state index in [1.165, 1.54) is 72.1 Å². The largest absolute Gasteiger partial charge is 0.293 e. The zero-order valence-electron chi connectivity index (χ0n) is 16.1. The van der Waals surface area contributed by atoms with Gasteiger partial charge in [0.15, 0.2) is 0 Å². The third-order valence-corrected chi connectivity index (χ3v) is 5.20. The third-order valence-electron chi connectivity index (χ3n) is 5.20. The molecule has 0 heterocycles. The monoisotopic (exact) mass is 345 g/mol. The number of nitrogens with zero attached hydrogens (tertiary/aromatic N) is 1. The number of unbranched alkanes of at least 4 members (excludes halogenated alkanes) is 7. The molecule has 0 atom stereocenters. The SMILES string of the molecule is CCCCCCCCCC=NCc1c2ccccc2cc2ccccc12. The molecule has 0 radical (unpaired) electrons. The van der Waals surface area contributed by atoms with Gasteiger partial charge >= 0.3 is 0 Å². The van der Waals surface area contributed by atoms with Crippen molar-refractivity contribution in [3.05, 3.63) is 60.2 Å². The predicted octanol–water partition coefficient (Wildman–Crippen LogP) is 7.70. The molecule has 0 aromatic heterocycles. The molecular formula is C25H31N. The summed E-state index contributed by atoms with van der Waals surface area (Å²) in [6, 6.07) is 19.6. The number of hydrogen-bond donors (Lipinski definition) is 0. The Morgan fingerprint density at radius 1 is 0.731 bits per heavy atom. The Hall–Kier alpha value is -2.15. The Kier molecular flexibility index (Phi) is 7.25. The van der Waals surface area contributed by atoms with Gasteiger partial charge in [0.1, 0.15) is 0 Å². The molecule has 0 bridgehead atoms. The summed E-state index contributed by atoms with van der Waals surface area (Å²) in [4.78, 5) is 4.76. The van der Waals surface area contributed by atoms with Crippen molar-refractivity contribution < 1.29 is 0 Å². The van der Waals surface area contributed by atoms with Crippen LogP contribution < -0.4 is 0 Å². The van der Waals surface area contributed by atoms with Gasteiger partial charge in [0.2, 0.25) is 0 Å². The van der Waals surface area contributed by atoms with Crippen LogP contribution in [0.3, 0.4) is 0 Å². The van der Waals surface area contributed by atoms with Crippen molar-refractivity contribution in [1.82, 2.24) is 0 Å². The first-order valence-electron chi connectivity index (χ1n) is 10.3. The number of aliphatic imine (C=N–C) groups is 1. The Balaban J connectivity index is 1.59. The van der Waals surface area contributed by atoms with E-state index in [1.54, 1.807) is 0 Å². The highest BCUT2D eigenvalue weighted by atomic mass is 14.7. The lowest BCUT2D eigenvalue weighted by Gasteiger charge is -2.09. The van der Waals surface area contributed by atoms with Gasteiger partial charge in [-0.2, -0.15) is 0 Å². The van der Waals surface area contributed by atoms with E-state index in [4.69, 9.17) is 4.99 Å². The molecule has 0 saturated carbocycles. The molecule has 1 nitrogen and oxygen atoms in total. The molecule has 0 fully saturated rings. The van der Waals surface area contributed by atoms with Crippen molar-refractivity contribution in [2.45, 2.75) is 64.8 Å². The van der Waals surface area contributed by atoms with Crippen LogP contribution in [-0.4, -0.2) is 6.21 Å². The molecule has 136 valence electrons. The van der Waals surface area contributed by atoms with E-state index in [-0.39, 0.29) is 0 Å². The maximum Gasteiger partial charge on any atom is 0.0647 e. The third kappa shape index (κ3) is 4.94. The lowest BCUT2D eigenvalue weighted by Crippen LogP contribution is -1.89. The molecule has 0 aliphatic heterocycles. The van der Waals surface area contributed by atoms with Crippen molar-refractivity contribution in [3.8, 4) is 0 Å². The first-order chi connectivity index (χ1) is 12.9. The quantitative estimate of drug-likeness (QED) is 0.203. The molecule has 1 heteroatoms. The first kappa shape index (κ1) is 18.6. The van der Waals surface area contributed by atoms with Crippen LogP contribution in [0.2, 0.25) is 0 Å². The molecule has 26 heavy (non-hydrogen) atoms. The first-order valence-corrected chi connectivity index (χ1v) is 10.3. The Bertz CT molecular complexity index is 793. The van der Waals surface area contributed by atoms with Gasteiger partial charge in [-0.1, -0.05) is 94.0 Å². The second-order valence-corrected chi connectivity index (χ2v) is 7.23. The summed E-state index contributed by atoms with van der Waals surface area (Å²) in [5.74, 6) is 0. The molecule has 3 rings (SSSR count). The molecule has 3 aromatic carbocycles. The smallest absolute Gasteiger partial charge is 0.0647 e. The molecular weight excluding hydrogens is 314 g/mol. The summed E-state index contributed by atoms with van der Waals surface area (Å²) in [5.41, 5.74) is 1.36. The Labute approximate surface area is 158 Å². The van der Waals surface area contributed by atoms with Gasteiger partial charge < -0.3 is 0 Å². The predicted molar refractivity (Wildman–Crippen MR) is 116 cm³/mol. The number of fused-ring (bicyclic) bond motifs is 2. The minimum atomic E-state index is 0.776. The molecule has 0 unspecified atom stereocenters. The van der Waals surface area contributed by atoms with Crippen molar-refractivity contribution in [3.63, 3.8) is 0 Å². The van der Waals surface area contributed by atoms with Crippen LogP contribution in [0.25, 0.3) is 21.5 Å². The van der Waals surface area contributed by atoms with Crippen LogP contribution in [0, 0.1) is 0 Å². The second-order valence-electron chi connectivity index (χ2n) is 7.23. The summed E-state index contributed by atoms with van der Waals surface area (Å²) in [7, 11) is 0. The van der Waals surface area contributed by atoms with Gasteiger partial charge in [0.05, 0.1) is 6.54 Å². The van der Waals surface area contributed by atoms with Crippen molar-refractivity contribution >= 4 is 27.8 Å². The van der Waals surface area contributed by atoms with E-state index < -0.39 is 0 Å². The average Bonchev–Trinajstić information content (AvgIpc) is 2.68. The minimum Gasteiger partial charge on any atom is -0.293 e. The Morgan fingerprint density at radius 3 is 1.96 bits per heavy atom. The molecule has 0 saturated heterocycles. The fraction of sp³-hybridized carbons (Fsp3) is 0.400. The Morgan fingerprint density at radius 2 is 1.31 bits per heavy atom. The van der Waals surface area contributed by atoms with Crippen LogP contribution >= 0.6 is 0 Å². The zero-order chi connectivity index (χ0) is 18.0. The zero-order valence-corrected chi connectivity index (χ0v) is 16.1. The van der Waals surface area contributed by atoms with Crippen LogP contribution in [0.4, 0.5) is 0 Å². The maximum absolute atomic E-state index is 4.76. The van der Waals surface area contributed by atoms with Crippen molar-refractivity contribution in [1.29, 1.82) is 0 Å².